The molecule has 0 aliphatic heterocycles. The lowest BCUT2D eigenvalue weighted by atomic mass is 9.47. The monoisotopic (exact) mass is 504 g/mol. The molecular formula is C28H44N2O6. The summed E-state index contributed by atoms with van der Waals surface area (Å²) < 4.78 is 16.7. The molecule has 202 valence electrons. The van der Waals surface area contributed by atoms with Crippen molar-refractivity contribution in [2.24, 2.45) is 34.5 Å². The van der Waals surface area contributed by atoms with Gasteiger partial charge in [0.15, 0.2) is 0 Å². The predicted octanol–water partition coefficient (Wildman–Crippen LogP) is 4.97. The van der Waals surface area contributed by atoms with Gasteiger partial charge >= 0.3 is 18.2 Å². The normalized spacial score (nSPS) is 37.8. The van der Waals surface area contributed by atoms with Gasteiger partial charge in [-0.1, -0.05) is 25.5 Å². The Morgan fingerprint density at radius 1 is 1.03 bits per heavy atom. The zero-order valence-corrected chi connectivity index (χ0v) is 22.6. The second-order valence-electron chi connectivity index (χ2n) is 11.8. The second kappa shape index (κ2) is 10.6. The van der Waals surface area contributed by atoms with Crippen molar-refractivity contribution < 1.29 is 28.6 Å². The van der Waals surface area contributed by atoms with Crippen LogP contribution in [0, 0.1) is 34.5 Å². The third kappa shape index (κ3) is 4.97. The van der Waals surface area contributed by atoms with Crippen LogP contribution in [-0.2, 0) is 19.0 Å². The summed E-state index contributed by atoms with van der Waals surface area (Å²) in [5.41, 5.74) is 1.76. The van der Waals surface area contributed by atoms with E-state index in [-0.39, 0.29) is 41.5 Å². The molecule has 0 aromatic carbocycles. The van der Waals surface area contributed by atoms with Crippen LogP contribution < -0.4 is 10.6 Å². The molecule has 8 atom stereocenters. The standard InChI is InChI=1S/C28H44N2O6/c1-17(31)35-19-10-13-27(2)18(16-19)6-7-20-21-8-9-23(28(21,3)14-11-22(20)27)24(36-26(33)30-5)12-15-34-25(32)29-4/h6,19-24H,7-16H2,1-5H3,(H,29,32)(H,30,33). The van der Waals surface area contributed by atoms with Crippen molar-refractivity contribution in [3.05, 3.63) is 11.6 Å². The Labute approximate surface area is 215 Å². The van der Waals surface area contributed by atoms with Crippen LogP contribution in [0.2, 0.25) is 0 Å². The largest absolute Gasteiger partial charge is 0.462 e. The molecule has 0 radical (unpaired) electrons. The molecule has 0 aromatic heterocycles. The van der Waals surface area contributed by atoms with E-state index in [4.69, 9.17) is 14.2 Å². The van der Waals surface area contributed by atoms with Gasteiger partial charge in [-0.2, -0.15) is 0 Å². The van der Waals surface area contributed by atoms with E-state index in [9.17, 15) is 14.4 Å². The van der Waals surface area contributed by atoms with Crippen LogP contribution in [0.15, 0.2) is 11.6 Å². The number of hydrogen-bond acceptors (Lipinski definition) is 6. The smallest absolute Gasteiger partial charge is 0.407 e. The number of fused-ring (bicyclic) bond motifs is 5. The average molecular weight is 505 g/mol. The van der Waals surface area contributed by atoms with Crippen LogP contribution in [-0.4, -0.2) is 51.1 Å². The Kier molecular flexibility index (Phi) is 7.91. The van der Waals surface area contributed by atoms with Crippen molar-refractivity contribution in [2.75, 3.05) is 20.7 Å². The van der Waals surface area contributed by atoms with Crippen LogP contribution in [0.25, 0.3) is 0 Å². The highest BCUT2D eigenvalue weighted by molar-refractivity contribution is 5.67. The number of rotatable bonds is 6. The molecule has 2 N–H and O–H groups in total. The van der Waals surface area contributed by atoms with E-state index in [0.29, 0.717) is 24.2 Å². The van der Waals surface area contributed by atoms with Gasteiger partial charge < -0.3 is 24.8 Å². The average Bonchev–Trinajstić information content (AvgIpc) is 3.20. The van der Waals surface area contributed by atoms with Gasteiger partial charge in [-0.3, -0.25) is 4.79 Å². The minimum atomic E-state index is -0.467. The zero-order chi connectivity index (χ0) is 26.1. The summed E-state index contributed by atoms with van der Waals surface area (Å²) >= 11 is 0. The summed E-state index contributed by atoms with van der Waals surface area (Å²) in [5, 5.41) is 5.06. The highest BCUT2D eigenvalue weighted by atomic mass is 16.6. The van der Waals surface area contributed by atoms with Gasteiger partial charge in [0.1, 0.15) is 12.2 Å². The Bertz CT molecular complexity index is 889. The molecular weight excluding hydrogens is 460 g/mol. The molecule has 4 aliphatic rings. The van der Waals surface area contributed by atoms with Gasteiger partial charge in [0.05, 0.1) is 6.61 Å². The summed E-state index contributed by atoms with van der Waals surface area (Å²) in [6, 6.07) is 0. The number of ether oxygens (including phenoxy) is 3. The number of alkyl carbamates (subject to hydrolysis) is 2. The summed E-state index contributed by atoms with van der Waals surface area (Å²) in [7, 11) is 3.11. The number of carbonyl (C=O) groups excluding carboxylic acids is 3. The minimum Gasteiger partial charge on any atom is -0.462 e. The van der Waals surface area contributed by atoms with Crippen LogP contribution in [0.5, 0.6) is 0 Å². The third-order valence-electron chi connectivity index (χ3n) is 10.2. The Morgan fingerprint density at radius 2 is 1.78 bits per heavy atom. The van der Waals surface area contributed by atoms with E-state index in [1.165, 1.54) is 26.0 Å². The molecule has 2 amide bonds. The molecule has 36 heavy (non-hydrogen) atoms. The summed E-state index contributed by atoms with van der Waals surface area (Å²) in [5.74, 6) is 1.90. The van der Waals surface area contributed by atoms with Crippen molar-refractivity contribution in [1.82, 2.24) is 10.6 Å². The van der Waals surface area contributed by atoms with Crippen LogP contribution in [0.3, 0.4) is 0 Å². The molecule has 0 aromatic rings. The van der Waals surface area contributed by atoms with Crippen LogP contribution in [0.4, 0.5) is 9.59 Å². The van der Waals surface area contributed by atoms with E-state index in [1.54, 1.807) is 7.05 Å². The lowest BCUT2D eigenvalue weighted by Gasteiger charge is -2.58. The molecule has 3 saturated carbocycles. The fourth-order valence-corrected chi connectivity index (χ4v) is 8.49. The van der Waals surface area contributed by atoms with E-state index in [2.05, 4.69) is 30.6 Å². The van der Waals surface area contributed by atoms with Gasteiger partial charge in [0.25, 0.3) is 0 Å². The Hall–Kier alpha value is -2.25. The van der Waals surface area contributed by atoms with E-state index in [0.717, 1.165) is 44.9 Å². The number of allylic oxidation sites excluding steroid dienone is 1. The van der Waals surface area contributed by atoms with E-state index >= 15 is 0 Å². The fraction of sp³-hybridized carbons (Fsp3) is 0.821. The molecule has 8 unspecified atom stereocenters. The van der Waals surface area contributed by atoms with Crippen LogP contribution >= 0.6 is 0 Å². The van der Waals surface area contributed by atoms with Crippen molar-refractivity contribution in [1.29, 1.82) is 0 Å². The minimum absolute atomic E-state index is 0.0164. The maximum absolute atomic E-state index is 12.2. The summed E-state index contributed by atoms with van der Waals surface area (Å²) in [4.78, 5) is 35.3. The maximum atomic E-state index is 12.2. The second-order valence-corrected chi connectivity index (χ2v) is 11.8. The molecule has 0 bridgehead atoms. The Balaban J connectivity index is 1.50. The first kappa shape index (κ1) is 26.8. The fourth-order valence-electron chi connectivity index (χ4n) is 8.49. The number of esters is 1. The van der Waals surface area contributed by atoms with Gasteiger partial charge in [0.2, 0.25) is 0 Å². The molecule has 4 rings (SSSR count). The van der Waals surface area contributed by atoms with Crippen molar-refractivity contribution in [3.8, 4) is 0 Å². The molecule has 4 aliphatic carbocycles. The maximum Gasteiger partial charge on any atom is 0.407 e. The third-order valence-corrected chi connectivity index (χ3v) is 10.2. The highest BCUT2D eigenvalue weighted by Crippen LogP contribution is 2.67. The predicted molar refractivity (Wildman–Crippen MR) is 135 cm³/mol. The van der Waals surface area contributed by atoms with Crippen molar-refractivity contribution in [2.45, 2.75) is 90.8 Å². The lowest BCUT2D eigenvalue weighted by molar-refractivity contribution is -0.148. The van der Waals surface area contributed by atoms with E-state index in [1.807, 2.05) is 0 Å². The number of carbonyl (C=O) groups is 3. The zero-order valence-electron chi connectivity index (χ0n) is 22.6. The van der Waals surface area contributed by atoms with Gasteiger partial charge in [-0.05, 0) is 73.5 Å². The molecule has 0 spiro atoms. The van der Waals surface area contributed by atoms with Gasteiger partial charge in [-0.25, -0.2) is 9.59 Å². The molecule has 3 fully saturated rings. The van der Waals surface area contributed by atoms with Gasteiger partial charge in [0, 0.05) is 39.8 Å². The van der Waals surface area contributed by atoms with Gasteiger partial charge in [-0.15, -0.1) is 0 Å². The lowest BCUT2D eigenvalue weighted by Crippen LogP contribution is -2.52. The molecule has 0 saturated heterocycles. The first-order valence-corrected chi connectivity index (χ1v) is 13.7. The molecule has 0 heterocycles. The van der Waals surface area contributed by atoms with Crippen molar-refractivity contribution >= 4 is 18.2 Å². The molecule has 8 nitrogen and oxygen atoms in total. The SMILES string of the molecule is CNC(=O)OCCC(OC(=O)NC)C1CCC2C3CC=C4CC(OC(C)=O)CCC4(C)C3CCC12C. The summed E-state index contributed by atoms with van der Waals surface area (Å²) in [6.07, 6.45) is 10.2. The highest BCUT2D eigenvalue weighted by Gasteiger charge is 2.60. The van der Waals surface area contributed by atoms with Crippen molar-refractivity contribution in [3.63, 3.8) is 0 Å². The van der Waals surface area contributed by atoms with E-state index < -0.39 is 12.2 Å². The first-order valence-electron chi connectivity index (χ1n) is 13.7. The topological polar surface area (TPSA) is 103 Å². The summed E-state index contributed by atoms with van der Waals surface area (Å²) in [6.45, 7) is 6.58. The Morgan fingerprint density at radius 3 is 2.47 bits per heavy atom. The molecule has 8 heteroatoms. The van der Waals surface area contributed by atoms with Crippen LogP contribution in [0.1, 0.15) is 78.6 Å². The number of hydrogen-bond donors (Lipinski definition) is 2. The first-order chi connectivity index (χ1) is 17.1. The number of nitrogens with one attached hydrogen (secondary N) is 2. The quantitative estimate of drug-likeness (QED) is 0.301. The number of amides is 2.